The van der Waals surface area contributed by atoms with Crippen molar-refractivity contribution in [3.05, 3.63) is 17.5 Å². The van der Waals surface area contributed by atoms with Crippen molar-refractivity contribution in [2.75, 3.05) is 20.8 Å². The average Bonchev–Trinajstić information content (AvgIpc) is 2.80. The molecular weight excluding hydrogens is 226 g/mol. The number of hydrogen-bond acceptors (Lipinski definition) is 3. The summed E-state index contributed by atoms with van der Waals surface area (Å²) < 4.78 is 7.23. The van der Waals surface area contributed by atoms with Crippen molar-refractivity contribution >= 4 is 0 Å². The van der Waals surface area contributed by atoms with Gasteiger partial charge in [-0.2, -0.15) is 5.10 Å². The molecule has 1 heterocycles. The van der Waals surface area contributed by atoms with Crippen LogP contribution < -0.4 is 5.32 Å². The lowest BCUT2D eigenvalue weighted by Crippen LogP contribution is -2.29. The van der Waals surface area contributed by atoms with Crippen LogP contribution in [0.3, 0.4) is 0 Å². The Bertz CT molecular complexity index is 336. The molecule has 1 unspecified atom stereocenters. The summed E-state index contributed by atoms with van der Waals surface area (Å²) in [5.41, 5.74) is 2.53. The number of rotatable bonds is 9. The van der Waals surface area contributed by atoms with Gasteiger partial charge < -0.3 is 10.1 Å². The molecule has 0 spiro atoms. The van der Waals surface area contributed by atoms with Gasteiger partial charge >= 0.3 is 0 Å². The fourth-order valence-corrected chi connectivity index (χ4v) is 2.20. The number of ether oxygens (including phenoxy) is 1. The molecule has 1 aromatic heterocycles. The van der Waals surface area contributed by atoms with E-state index in [9.17, 15) is 0 Å². The highest BCUT2D eigenvalue weighted by Crippen LogP contribution is 2.11. The highest BCUT2D eigenvalue weighted by Gasteiger charge is 2.12. The number of aryl methyl sites for hydroxylation is 2. The quantitative estimate of drug-likeness (QED) is 0.684. The van der Waals surface area contributed by atoms with Crippen molar-refractivity contribution in [2.45, 2.75) is 52.1 Å². The van der Waals surface area contributed by atoms with Crippen molar-refractivity contribution in [1.82, 2.24) is 15.1 Å². The van der Waals surface area contributed by atoms with Crippen molar-refractivity contribution in [3.8, 4) is 0 Å². The second kappa shape index (κ2) is 8.27. The van der Waals surface area contributed by atoms with E-state index in [1.807, 2.05) is 7.05 Å². The molecule has 4 nitrogen and oxygen atoms in total. The first-order chi connectivity index (χ1) is 8.74. The van der Waals surface area contributed by atoms with E-state index in [4.69, 9.17) is 4.74 Å². The van der Waals surface area contributed by atoms with Crippen molar-refractivity contribution in [2.24, 2.45) is 0 Å². The van der Waals surface area contributed by atoms with Gasteiger partial charge in [-0.15, -0.1) is 0 Å². The van der Waals surface area contributed by atoms with E-state index in [0.717, 1.165) is 38.8 Å². The molecule has 0 aliphatic carbocycles. The van der Waals surface area contributed by atoms with Gasteiger partial charge in [0.2, 0.25) is 0 Å². The molecule has 0 aliphatic rings. The zero-order chi connectivity index (χ0) is 13.4. The second-order valence-electron chi connectivity index (χ2n) is 4.62. The van der Waals surface area contributed by atoms with E-state index >= 15 is 0 Å². The predicted molar refractivity (Wildman–Crippen MR) is 74.9 cm³/mol. The molecule has 1 atom stereocenters. The number of nitrogens with one attached hydrogen (secondary N) is 1. The van der Waals surface area contributed by atoms with Crippen LogP contribution in [0.4, 0.5) is 0 Å². The smallest absolute Gasteiger partial charge is 0.0624 e. The van der Waals surface area contributed by atoms with Gasteiger partial charge in [-0.25, -0.2) is 0 Å². The molecule has 0 saturated heterocycles. The molecule has 0 aromatic carbocycles. The zero-order valence-electron chi connectivity index (χ0n) is 12.2. The molecule has 0 amide bonds. The lowest BCUT2D eigenvalue weighted by Gasteiger charge is -2.16. The maximum atomic E-state index is 5.11. The maximum Gasteiger partial charge on any atom is 0.0624 e. The Hall–Kier alpha value is -0.870. The third-order valence-corrected chi connectivity index (χ3v) is 3.34. The number of aromatic nitrogens is 2. The Morgan fingerprint density at radius 2 is 2.22 bits per heavy atom. The number of likely N-dealkylation sites (N-methyl/N-ethyl adjacent to an activating group) is 1. The molecule has 104 valence electrons. The summed E-state index contributed by atoms with van der Waals surface area (Å²) in [6.45, 7) is 6.09. The largest absolute Gasteiger partial charge is 0.385 e. The highest BCUT2D eigenvalue weighted by molar-refractivity contribution is 5.12. The Labute approximate surface area is 111 Å². The summed E-state index contributed by atoms with van der Waals surface area (Å²) in [4.78, 5) is 0. The van der Waals surface area contributed by atoms with Crippen molar-refractivity contribution in [1.29, 1.82) is 0 Å². The maximum absolute atomic E-state index is 5.11. The summed E-state index contributed by atoms with van der Waals surface area (Å²) in [6.07, 6.45) is 4.29. The molecule has 0 bridgehead atoms. The lowest BCUT2D eigenvalue weighted by molar-refractivity contribution is 0.189. The van der Waals surface area contributed by atoms with Crippen LogP contribution in [0.1, 0.15) is 38.1 Å². The van der Waals surface area contributed by atoms with Crippen LogP contribution in [-0.4, -0.2) is 36.6 Å². The SMILES string of the molecule is CCc1cc(CC(CCCOC)NC)n(CC)n1. The molecule has 0 radical (unpaired) electrons. The fourth-order valence-electron chi connectivity index (χ4n) is 2.20. The Morgan fingerprint density at radius 3 is 2.78 bits per heavy atom. The predicted octanol–water partition coefficient (Wildman–Crippen LogP) is 2.02. The van der Waals surface area contributed by atoms with E-state index in [1.165, 1.54) is 11.4 Å². The zero-order valence-corrected chi connectivity index (χ0v) is 12.2. The van der Waals surface area contributed by atoms with E-state index < -0.39 is 0 Å². The van der Waals surface area contributed by atoms with Gasteiger partial charge in [0.25, 0.3) is 0 Å². The first kappa shape index (κ1) is 15.2. The topological polar surface area (TPSA) is 39.1 Å². The van der Waals surface area contributed by atoms with E-state index in [-0.39, 0.29) is 0 Å². The number of nitrogens with zero attached hydrogens (tertiary/aromatic N) is 2. The first-order valence-electron chi connectivity index (χ1n) is 6.96. The summed E-state index contributed by atoms with van der Waals surface area (Å²) in [7, 11) is 3.79. The summed E-state index contributed by atoms with van der Waals surface area (Å²) in [5.74, 6) is 0. The van der Waals surface area contributed by atoms with Gasteiger partial charge in [0.15, 0.2) is 0 Å². The van der Waals surface area contributed by atoms with Gasteiger partial charge in [0.1, 0.15) is 0 Å². The molecule has 0 fully saturated rings. The Kier molecular flexibility index (Phi) is 6.98. The molecule has 1 N–H and O–H groups in total. The van der Waals surface area contributed by atoms with Gasteiger partial charge in [0.05, 0.1) is 5.69 Å². The first-order valence-corrected chi connectivity index (χ1v) is 6.96. The normalized spacial score (nSPS) is 12.9. The monoisotopic (exact) mass is 253 g/mol. The van der Waals surface area contributed by atoms with Gasteiger partial charge in [-0.3, -0.25) is 4.68 Å². The molecule has 18 heavy (non-hydrogen) atoms. The van der Waals surface area contributed by atoms with Crippen molar-refractivity contribution < 1.29 is 4.74 Å². The molecule has 1 rings (SSSR count). The van der Waals surface area contributed by atoms with Crippen LogP contribution in [0.15, 0.2) is 6.07 Å². The van der Waals surface area contributed by atoms with Crippen LogP contribution in [-0.2, 0) is 24.1 Å². The van der Waals surface area contributed by atoms with E-state index in [1.54, 1.807) is 7.11 Å². The summed E-state index contributed by atoms with van der Waals surface area (Å²) in [6, 6.07) is 2.75. The summed E-state index contributed by atoms with van der Waals surface area (Å²) in [5, 5.41) is 7.99. The van der Waals surface area contributed by atoms with E-state index in [2.05, 4.69) is 35.0 Å². The minimum absolute atomic E-state index is 0.506. The van der Waals surface area contributed by atoms with Crippen LogP contribution in [0.2, 0.25) is 0 Å². The summed E-state index contributed by atoms with van der Waals surface area (Å²) >= 11 is 0. The van der Waals surface area contributed by atoms with Crippen LogP contribution in [0.5, 0.6) is 0 Å². The van der Waals surface area contributed by atoms with Gasteiger partial charge in [0, 0.05) is 38.4 Å². The van der Waals surface area contributed by atoms with Crippen LogP contribution in [0, 0.1) is 0 Å². The Morgan fingerprint density at radius 1 is 1.44 bits per heavy atom. The van der Waals surface area contributed by atoms with Crippen LogP contribution in [0.25, 0.3) is 0 Å². The molecule has 0 aliphatic heterocycles. The molecule has 1 aromatic rings. The minimum atomic E-state index is 0.506. The van der Waals surface area contributed by atoms with E-state index in [0.29, 0.717) is 6.04 Å². The third-order valence-electron chi connectivity index (χ3n) is 3.34. The highest BCUT2D eigenvalue weighted by atomic mass is 16.5. The number of methoxy groups -OCH3 is 1. The lowest BCUT2D eigenvalue weighted by atomic mass is 10.1. The molecular formula is C14H27N3O. The van der Waals surface area contributed by atoms with Gasteiger partial charge in [-0.1, -0.05) is 6.92 Å². The Balaban J connectivity index is 2.59. The van der Waals surface area contributed by atoms with Gasteiger partial charge in [-0.05, 0) is 39.3 Å². The van der Waals surface area contributed by atoms with Crippen LogP contribution >= 0.6 is 0 Å². The molecule has 4 heteroatoms. The number of hydrogen-bond donors (Lipinski definition) is 1. The minimum Gasteiger partial charge on any atom is -0.385 e. The average molecular weight is 253 g/mol. The fraction of sp³-hybridized carbons (Fsp3) is 0.786. The molecule has 0 saturated carbocycles. The van der Waals surface area contributed by atoms with Crippen molar-refractivity contribution in [3.63, 3.8) is 0 Å². The standard InChI is InChI=1S/C14H27N3O/c1-5-12-10-14(17(6-2)16-12)11-13(15-3)8-7-9-18-4/h10,13,15H,5-9,11H2,1-4H3. The second-order valence-corrected chi connectivity index (χ2v) is 4.62. The third kappa shape index (κ3) is 4.42.